The predicted molar refractivity (Wildman–Crippen MR) is 130 cm³/mol. The van der Waals surface area contributed by atoms with E-state index in [1.54, 1.807) is 11.3 Å². The van der Waals surface area contributed by atoms with Crippen LogP contribution in [0.4, 0.5) is 8.78 Å². The maximum Gasteiger partial charge on any atom is 0.257 e. The van der Waals surface area contributed by atoms with E-state index in [9.17, 15) is 18.4 Å². The third-order valence-electron chi connectivity index (χ3n) is 6.72. The molecule has 0 spiro atoms. The molecule has 1 amide bonds. The van der Waals surface area contributed by atoms with E-state index in [0.29, 0.717) is 36.1 Å². The molecule has 1 atom stereocenters. The molecule has 0 unspecified atom stereocenters. The summed E-state index contributed by atoms with van der Waals surface area (Å²) < 4.78 is 26.7. The molecule has 3 heterocycles. The molecule has 1 saturated heterocycles. The van der Waals surface area contributed by atoms with Gasteiger partial charge in [-0.1, -0.05) is 6.92 Å². The standard InChI is InChI=1S/C25H35F2N3O2S/c1-6-19(18-7-9-30(10-8-18)14-25(5,26)27)22-17(4)21(13-33-22)23(31)28-12-20-15(2)11-16(3)29-24(20)32/h11,13,18-19H,6-10,12,14H2,1-5H3,(H,28,31)(H,29,32)/t19-/m1/s1. The van der Waals surface area contributed by atoms with Gasteiger partial charge >= 0.3 is 0 Å². The van der Waals surface area contributed by atoms with Gasteiger partial charge in [0.25, 0.3) is 17.4 Å². The van der Waals surface area contributed by atoms with Crippen molar-refractivity contribution in [1.29, 1.82) is 0 Å². The molecule has 2 aromatic heterocycles. The van der Waals surface area contributed by atoms with Crippen molar-refractivity contribution in [3.63, 3.8) is 0 Å². The Morgan fingerprint density at radius 1 is 1.30 bits per heavy atom. The number of hydrogen-bond donors (Lipinski definition) is 2. The molecule has 1 fully saturated rings. The summed E-state index contributed by atoms with van der Waals surface area (Å²) in [6.07, 6.45) is 2.74. The average Bonchev–Trinajstić information content (AvgIpc) is 3.09. The predicted octanol–water partition coefficient (Wildman–Crippen LogP) is 5.15. The van der Waals surface area contributed by atoms with Gasteiger partial charge in [-0.25, -0.2) is 8.78 Å². The highest BCUT2D eigenvalue weighted by atomic mass is 32.1. The van der Waals surface area contributed by atoms with E-state index in [1.807, 2.05) is 37.1 Å². The highest BCUT2D eigenvalue weighted by molar-refractivity contribution is 7.10. The summed E-state index contributed by atoms with van der Waals surface area (Å²) in [6.45, 7) is 10.2. The van der Waals surface area contributed by atoms with Gasteiger partial charge in [-0.05, 0) is 82.2 Å². The number of nitrogens with one attached hydrogen (secondary N) is 2. The van der Waals surface area contributed by atoms with E-state index in [4.69, 9.17) is 0 Å². The summed E-state index contributed by atoms with van der Waals surface area (Å²) in [5, 5.41) is 4.81. The summed E-state index contributed by atoms with van der Waals surface area (Å²) >= 11 is 1.61. The number of aryl methyl sites for hydroxylation is 2. The third kappa shape index (κ3) is 6.29. The fourth-order valence-corrected chi connectivity index (χ4v) is 6.37. The number of amides is 1. The molecule has 5 nitrogen and oxygen atoms in total. The number of aromatic nitrogens is 1. The second kappa shape index (κ2) is 10.5. The lowest BCUT2D eigenvalue weighted by molar-refractivity contribution is -0.0232. The van der Waals surface area contributed by atoms with Crippen LogP contribution in [0, 0.1) is 26.7 Å². The van der Waals surface area contributed by atoms with Crippen molar-refractivity contribution in [2.45, 2.75) is 72.3 Å². The van der Waals surface area contributed by atoms with Crippen LogP contribution in [-0.2, 0) is 6.54 Å². The molecule has 1 aliphatic heterocycles. The molecular formula is C25H35F2N3O2S. The largest absolute Gasteiger partial charge is 0.348 e. The van der Waals surface area contributed by atoms with Gasteiger partial charge in [0.2, 0.25) is 0 Å². The highest BCUT2D eigenvalue weighted by Gasteiger charge is 2.32. The first kappa shape index (κ1) is 25.6. The van der Waals surface area contributed by atoms with Gasteiger partial charge in [0, 0.05) is 35.0 Å². The van der Waals surface area contributed by atoms with E-state index < -0.39 is 5.92 Å². The number of piperidine rings is 1. The van der Waals surface area contributed by atoms with Crippen molar-refractivity contribution in [3.8, 4) is 0 Å². The maximum atomic E-state index is 13.4. The van der Waals surface area contributed by atoms with E-state index in [1.165, 1.54) is 4.88 Å². The fourth-order valence-electron chi connectivity index (χ4n) is 5.03. The number of halogens is 2. The molecule has 2 N–H and O–H groups in total. The Bertz CT molecular complexity index is 1030. The summed E-state index contributed by atoms with van der Waals surface area (Å²) in [6, 6.07) is 1.90. The van der Waals surface area contributed by atoms with Gasteiger partial charge in [0.1, 0.15) is 0 Å². The number of carbonyl (C=O) groups excluding carboxylic acids is 1. The Hall–Kier alpha value is -2.06. The quantitative estimate of drug-likeness (QED) is 0.550. The molecular weight excluding hydrogens is 444 g/mol. The van der Waals surface area contributed by atoms with Crippen LogP contribution < -0.4 is 10.9 Å². The number of hydrogen-bond acceptors (Lipinski definition) is 4. The zero-order valence-electron chi connectivity index (χ0n) is 20.2. The van der Waals surface area contributed by atoms with Crippen molar-refractivity contribution < 1.29 is 13.6 Å². The molecule has 1 aliphatic rings. The van der Waals surface area contributed by atoms with Crippen molar-refractivity contribution >= 4 is 17.2 Å². The minimum absolute atomic E-state index is 0.172. The van der Waals surface area contributed by atoms with E-state index in [-0.39, 0.29) is 24.6 Å². The van der Waals surface area contributed by atoms with Crippen molar-refractivity contribution in [2.24, 2.45) is 5.92 Å². The summed E-state index contributed by atoms with van der Waals surface area (Å²) in [5.41, 5.74) is 3.69. The van der Waals surface area contributed by atoms with Crippen molar-refractivity contribution in [1.82, 2.24) is 15.2 Å². The SMILES string of the molecule is CC[C@@H](c1scc(C(=O)NCc2c(C)cc(C)[nH]c2=O)c1C)C1CCN(CC(C)(F)F)CC1. The number of H-pyrrole nitrogens is 1. The van der Waals surface area contributed by atoms with Crippen LogP contribution in [0.1, 0.15) is 76.6 Å². The maximum absolute atomic E-state index is 13.4. The molecule has 0 bridgehead atoms. The Balaban J connectivity index is 1.67. The summed E-state index contributed by atoms with van der Waals surface area (Å²) in [5.74, 6) is -2.09. The molecule has 8 heteroatoms. The number of nitrogens with zero attached hydrogens (tertiary/aromatic N) is 1. The van der Waals surface area contributed by atoms with Gasteiger partial charge in [-0.3, -0.25) is 14.5 Å². The lowest BCUT2D eigenvalue weighted by Crippen LogP contribution is -2.41. The Labute approximate surface area is 198 Å². The van der Waals surface area contributed by atoms with Crippen LogP contribution in [-0.4, -0.2) is 41.3 Å². The van der Waals surface area contributed by atoms with Crippen LogP contribution in [0.3, 0.4) is 0 Å². The van der Waals surface area contributed by atoms with E-state index in [2.05, 4.69) is 17.2 Å². The number of carbonyl (C=O) groups is 1. The lowest BCUT2D eigenvalue weighted by Gasteiger charge is -2.36. The van der Waals surface area contributed by atoms with Crippen LogP contribution in [0.2, 0.25) is 0 Å². The van der Waals surface area contributed by atoms with Gasteiger partial charge < -0.3 is 10.3 Å². The van der Waals surface area contributed by atoms with Crippen molar-refractivity contribution in [3.05, 3.63) is 54.6 Å². The number of aromatic amines is 1. The first-order valence-corrected chi connectivity index (χ1v) is 12.5. The minimum Gasteiger partial charge on any atom is -0.348 e. The molecule has 0 aliphatic carbocycles. The number of thiophene rings is 1. The van der Waals surface area contributed by atoms with Crippen LogP contribution in [0.5, 0.6) is 0 Å². The normalized spacial score (nSPS) is 16.7. The molecule has 2 aromatic rings. The number of alkyl halides is 2. The molecule has 182 valence electrons. The highest BCUT2D eigenvalue weighted by Crippen LogP contribution is 2.40. The molecule has 0 radical (unpaired) electrons. The minimum atomic E-state index is -2.66. The second-order valence-electron chi connectivity index (χ2n) is 9.46. The van der Waals surface area contributed by atoms with Crippen LogP contribution in [0.25, 0.3) is 0 Å². The first-order chi connectivity index (χ1) is 15.5. The average molecular weight is 480 g/mol. The lowest BCUT2D eigenvalue weighted by atomic mass is 9.80. The smallest absolute Gasteiger partial charge is 0.257 e. The summed E-state index contributed by atoms with van der Waals surface area (Å²) in [4.78, 5) is 31.0. The monoisotopic (exact) mass is 479 g/mol. The fraction of sp³-hybridized carbons (Fsp3) is 0.600. The molecule has 3 rings (SSSR count). The van der Waals surface area contributed by atoms with Crippen molar-refractivity contribution in [2.75, 3.05) is 19.6 Å². The Morgan fingerprint density at radius 2 is 1.97 bits per heavy atom. The second-order valence-corrected chi connectivity index (χ2v) is 10.4. The zero-order chi connectivity index (χ0) is 24.3. The van der Waals surface area contributed by atoms with Crippen LogP contribution >= 0.6 is 11.3 Å². The van der Waals surface area contributed by atoms with E-state index in [0.717, 1.165) is 43.0 Å². The first-order valence-electron chi connectivity index (χ1n) is 11.7. The van der Waals surface area contributed by atoms with Crippen LogP contribution in [0.15, 0.2) is 16.2 Å². The van der Waals surface area contributed by atoms with Gasteiger partial charge in [-0.2, -0.15) is 0 Å². The topological polar surface area (TPSA) is 65.2 Å². The Kier molecular flexibility index (Phi) is 8.11. The van der Waals surface area contributed by atoms with Gasteiger partial charge in [-0.15, -0.1) is 11.3 Å². The summed E-state index contributed by atoms with van der Waals surface area (Å²) in [7, 11) is 0. The van der Waals surface area contributed by atoms with Gasteiger partial charge in [0.15, 0.2) is 0 Å². The number of rotatable bonds is 8. The number of pyridine rings is 1. The van der Waals surface area contributed by atoms with E-state index >= 15 is 0 Å². The number of likely N-dealkylation sites (tertiary alicyclic amines) is 1. The molecule has 0 aromatic carbocycles. The zero-order valence-corrected chi connectivity index (χ0v) is 21.0. The molecule has 0 saturated carbocycles. The Morgan fingerprint density at radius 3 is 2.55 bits per heavy atom. The molecule has 33 heavy (non-hydrogen) atoms. The third-order valence-corrected chi connectivity index (χ3v) is 7.94. The van der Waals surface area contributed by atoms with Gasteiger partial charge in [0.05, 0.1) is 12.1 Å².